The summed E-state index contributed by atoms with van der Waals surface area (Å²) in [5.41, 5.74) is 3.92. The van der Waals surface area contributed by atoms with Gasteiger partial charge in [0.15, 0.2) is 11.5 Å². The number of carbonyl (C=O) groups excluding carboxylic acids is 1. The van der Waals surface area contributed by atoms with Gasteiger partial charge < -0.3 is 33.2 Å². The van der Waals surface area contributed by atoms with Gasteiger partial charge in [0.2, 0.25) is 0 Å². The van der Waals surface area contributed by atoms with Gasteiger partial charge in [0.1, 0.15) is 11.5 Å². The summed E-state index contributed by atoms with van der Waals surface area (Å²) >= 11 is 6.09. The van der Waals surface area contributed by atoms with E-state index >= 15 is 0 Å². The lowest BCUT2D eigenvalue weighted by Crippen LogP contribution is -2.59. The molecule has 6 heterocycles. The van der Waals surface area contributed by atoms with Crippen LogP contribution in [0, 0.1) is 0 Å². The molecule has 8 rings (SSSR count). The highest BCUT2D eigenvalue weighted by atomic mass is 35.5. The molecule has 3 fully saturated rings. The van der Waals surface area contributed by atoms with E-state index in [1.165, 1.54) is 7.11 Å². The number of benzene rings is 2. The lowest BCUT2D eigenvalue weighted by Gasteiger charge is -2.44. The first-order valence-electron chi connectivity index (χ1n) is 15.8. The SMILES string of the molecule is COC(=O)c1ccc2nc(CN3CCN(c4cccc5c4OC(C)(c4ccc(Cl)cn4)O5)C4COCC43)n(C[C@@H]3CCCO3)c2c1. The minimum Gasteiger partial charge on any atom is -0.465 e. The van der Waals surface area contributed by atoms with Gasteiger partial charge in [-0.3, -0.25) is 9.88 Å². The molecule has 240 valence electrons. The fraction of sp³-hybridized carbons (Fsp3) is 0.441. The molecule has 2 aromatic heterocycles. The van der Waals surface area contributed by atoms with Crippen LogP contribution in [0.4, 0.5) is 5.69 Å². The van der Waals surface area contributed by atoms with Crippen molar-refractivity contribution in [3.8, 4) is 11.5 Å². The summed E-state index contributed by atoms with van der Waals surface area (Å²) in [5, 5.41) is 0.557. The Morgan fingerprint density at radius 3 is 2.80 bits per heavy atom. The molecule has 12 heteroatoms. The minimum absolute atomic E-state index is 0.117. The summed E-state index contributed by atoms with van der Waals surface area (Å²) in [4.78, 5) is 26.8. The van der Waals surface area contributed by atoms with Gasteiger partial charge in [0.05, 0.1) is 78.9 Å². The van der Waals surface area contributed by atoms with Gasteiger partial charge in [-0.15, -0.1) is 0 Å². The van der Waals surface area contributed by atoms with E-state index in [0.717, 1.165) is 55.1 Å². The molecular formula is C34H36ClN5O6. The minimum atomic E-state index is -1.06. The van der Waals surface area contributed by atoms with E-state index in [0.29, 0.717) is 54.1 Å². The standard InChI is InChI=1S/C34H36ClN5O6/c1-34(30-11-9-22(35)16-36-30)45-29-7-3-6-25(32(29)46-34)39-13-12-38(27-19-43-20-28(27)39)18-31-37-24-10-8-21(33(41)42-2)15-26(24)40(31)17-23-5-4-14-44-23/h3,6-11,15-16,23,27-28H,4-5,12-14,17-20H2,1-2H3/t23-,27?,28?,34?/m0/s1. The van der Waals surface area contributed by atoms with Crippen LogP contribution in [0.3, 0.4) is 0 Å². The number of halogens is 1. The number of para-hydroxylation sites is 1. The lowest BCUT2D eigenvalue weighted by atomic mass is 10.0. The second-order valence-corrected chi connectivity index (χ2v) is 12.9. The van der Waals surface area contributed by atoms with Gasteiger partial charge in [0, 0.05) is 32.8 Å². The first-order chi connectivity index (χ1) is 22.4. The highest BCUT2D eigenvalue weighted by Gasteiger charge is 2.46. The molecular weight excluding hydrogens is 610 g/mol. The maximum absolute atomic E-state index is 12.4. The number of aromatic nitrogens is 3. The van der Waals surface area contributed by atoms with E-state index in [9.17, 15) is 4.79 Å². The van der Waals surface area contributed by atoms with Crippen LogP contribution in [0.5, 0.6) is 11.5 Å². The van der Waals surface area contributed by atoms with Crippen LogP contribution < -0.4 is 14.4 Å². The highest BCUT2D eigenvalue weighted by molar-refractivity contribution is 6.30. The van der Waals surface area contributed by atoms with E-state index in [1.807, 2.05) is 37.3 Å². The molecule has 46 heavy (non-hydrogen) atoms. The summed E-state index contributed by atoms with van der Waals surface area (Å²) in [7, 11) is 1.40. The molecule has 0 N–H and O–H groups in total. The third-order valence-electron chi connectivity index (χ3n) is 9.58. The van der Waals surface area contributed by atoms with Crippen LogP contribution in [0.2, 0.25) is 5.02 Å². The quantitative estimate of drug-likeness (QED) is 0.261. The Morgan fingerprint density at radius 2 is 2.00 bits per heavy atom. The molecule has 2 aromatic carbocycles. The van der Waals surface area contributed by atoms with Crippen molar-refractivity contribution in [3.05, 3.63) is 76.8 Å². The van der Waals surface area contributed by atoms with Crippen molar-refractivity contribution in [2.75, 3.05) is 44.9 Å². The van der Waals surface area contributed by atoms with Gasteiger partial charge in [-0.1, -0.05) is 17.7 Å². The summed E-state index contributed by atoms with van der Waals surface area (Å²) in [5.74, 6) is 0.924. The second kappa shape index (κ2) is 11.7. The lowest BCUT2D eigenvalue weighted by molar-refractivity contribution is -0.0716. The van der Waals surface area contributed by atoms with Crippen LogP contribution in [0.1, 0.15) is 41.6 Å². The number of methoxy groups -OCH3 is 1. The maximum atomic E-state index is 12.4. The average molecular weight is 646 g/mol. The Balaban J connectivity index is 1.07. The molecule has 0 amide bonds. The first-order valence-corrected chi connectivity index (χ1v) is 16.2. The number of hydrogen-bond donors (Lipinski definition) is 0. The third-order valence-corrected chi connectivity index (χ3v) is 9.81. The van der Waals surface area contributed by atoms with Crippen molar-refractivity contribution >= 4 is 34.3 Å². The molecule has 0 radical (unpaired) electrons. The fourth-order valence-electron chi connectivity index (χ4n) is 7.24. The summed E-state index contributed by atoms with van der Waals surface area (Å²) in [6.07, 6.45) is 3.78. The van der Waals surface area contributed by atoms with Crippen LogP contribution in [0.15, 0.2) is 54.7 Å². The van der Waals surface area contributed by atoms with Crippen LogP contribution in [-0.2, 0) is 33.1 Å². The number of piperazine rings is 1. The predicted molar refractivity (Wildman–Crippen MR) is 170 cm³/mol. The van der Waals surface area contributed by atoms with Crippen molar-refractivity contribution in [3.63, 3.8) is 0 Å². The van der Waals surface area contributed by atoms with Crippen LogP contribution >= 0.6 is 11.6 Å². The summed E-state index contributed by atoms with van der Waals surface area (Å²) < 4.78 is 32.3. The number of anilines is 1. The van der Waals surface area contributed by atoms with Gasteiger partial charge in [-0.2, -0.15) is 0 Å². The molecule has 4 aliphatic rings. The van der Waals surface area contributed by atoms with E-state index in [2.05, 4.69) is 25.4 Å². The largest absolute Gasteiger partial charge is 0.465 e. The Labute approximate surface area is 271 Å². The maximum Gasteiger partial charge on any atom is 0.337 e. The molecule has 11 nitrogen and oxygen atoms in total. The van der Waals surface area contributed by atoms with Gasteiger partial charge in [-0.05, 0) is 55.3 Å². The summed E-state index contributed by atoms with van der Waals surface area (Å²) in [6.45, 7) is 6.81. The van der Waals surface area contributed by atoms with E-state index in [4.69, 9.17) is 40.3 Å². The summed E-state index contributed by atoms with van der Waals surface area (Å²) in [6, 6.07) is 15.5. The van der Waals surface area contributed by atoms with Crippen molar-refractivity contribution in [1.29, 1.82) is 0 Å². The Kier molecular flexibility index (Phi) is 7.51. The van der Waals surface area contributed by atoms with Gasteiger partial charge in [-0.25, -0.2) is 9.78 Å². The zero-order valence-corrected chi connectivity index (χ0v) is 26.6. The number of imidazole rings is 1. The molecule has 0 saturated carbocycles. The normalized spacial score (nSPS) is 25.7. The molecule has 4 aromatic rings. The number of pyridine rings is 1. The molecule has 3 unspecified atom stereocenters. The number of rotatable bonds is 7. The van der Waals surface area contributed by atoms with Crippen LogP contribution in [0.25, 0.3) is 11.0 Å². The highest BCUT2D eigenvalue weighted by Crippen LogP contribution is 2.50. The molecule has 3 saturated heterocycles. The number of carbonyl (C=O) groups is 1. The van der Waals surface area contributed by atoms with Gasteiger partial charge in [0.25, 0.3) is 5.79 Å². The zero-order valence-electron chi connectivity index (χ0n) is 25.9. The zero-order chi connectivity index (χ0) is 31.4. The molecule has 0 spiro atoms. The van der Waals surface area contributed by atoms with E-state index < -0.39 is 5.79 Å². The number of ether oxygens (including phenoxy) is 5. The van der Waals surface area contributed by atoms with E-state index in [1.54, 1.807) is 18.3 Å². The smallest absolute Gasteiger partial charge is 0.337 e. The Morgan fingerprint density at radius 1 is 1.11 bits per heavy atom. The van der Waals surface area contributed by atoms with Crippen molar-refractivity contribution in [2.45, 2.75) is 56.8 Å². The Bertz CT molecular complexity index is 1780. The van der Waals surface area contributed by atoms with Crippen LogP contribution in [-0.4, -0.2) is 83.6 Å². The topological polar surface area (TPSA) is 100 Å². The monoisotopic (exact) mass is 645 g/mol. The number of nitrogens with zero attached hydrogens (tertiary/aromatic N) is 5. The van der Waals surface area contributed by atoms with Crippen molar-refractivity contribution in [2.24, 2.45) is 0 Å². The van der Waals surface area contributed by atoms with Crippen molar-refractivity contribution < 1.29 is 28.5 Å². The third kappa shape index (κ3) is 5.15. The molecule has 0 bridgehead atoms. The number of fused-ring (bicyclic) bond motifs is 3. The number of hydrogen-bond acceptors (Lipinski definition) is 10. The van der Waals surface area contributed by atoms with Gasteiger partial charge >= 0.3 is 5.97 Å². The molecule has 4 aliphatic heterocycles. The first kappa shape index (κ1) is 29.5. The molecule has 4 atom stereocenters. The number of esters is 1. The van der Waals surface area contributed by atoms with E-state index in [-0.39, 0.29) is 24.2 Å². The average Bonchev–Trinajstić information content (AvgIpc) is 3.88. The second-order valence-electron chi connectivity index (χ2n) is 12.4. The fourth-order valence-corrected chi connectivity index (χ4v) is 7.36. The molecule has 0 aliphatic carbocycles. The Hall–Kier alpha value is -3.90. The van der Waals surface area contributed by atoms with Crippen molar-refractivity contribution in [1.82, 2.24) is 19.4 Å². The predicted octanol–water partition coefficient (Wildman–Crippen LogP) is 4.78.